The van der Waals surface area contributed by atoms with Crippen LogP contribution in [0.3, 0.4) is 0 Å². The number of hydrogen-bond acceptors (Lipinski definition) is 7. The molecule has 0 spiro atoms. The Morgan fingerprint density at radius 2 is 1.93 bits per heavy atom. The molecule has 2 fully saturated rings. The monoisotopic (exact) mass is 619 g/mol. The Kier molecular flexibility index (Phi) is 7.51. The second kappa shape index (κ2) is 11.4. The lowest BCUT2D eigenvalue weighted by molar-refractivity contribution is -0.0712. The number of esters is 1. The fourth-order valence-electron chi connectivity index (χ4n) is 6.73. The lowest BCUT2D eigenvalue weighted by Crippen LogP contribution is -2.37. The van der Waals surface area contributed by atoms with E-state index in [-0.39, 0.29) is 24.0 Å². The van der Waals surface area contributed by atoms with Crippen molar-refractivity contribution in [2.45, 2.75) is 63.5 Å². The van der Waals surface area contributed by atoms with Crippen molar-refractivity contribution < 1.29 is 28.1 Å². The molecule has 0 amide bonds. The van der Waals surface area contributed by atoms with Crippen LogP contribution >= 0.6 is 11.6 Å². The molecular formula is C34H35ClFN3O5. The van der Waals surface area contributed by atoms with E-state index in [0.29, 0.717) is 34.2 Å². The Labute approximate surface area is 260 Å². The SMILES string of the molecule is COC(=O)c1ccc2nc([C@H](C)N3CCC(c4cccc5c4OC(C)(c4ccc(Cl)cc4F)O5)CC3)n(C[C@@H]3CCO3)c2c1. The topological polar surface area (TPSA) is 75.0 Å². The number of likely N-dealkylation sites (tertiary alicyclic amines) is 1. The van der Waals surface area contributed by atoms with Crippen molar-refractivity contribution in [2.24, 2.45) is 0 Å². The van der Waals surface area contributed by atoms with Gasteiger partial charge in [-0.15, -0.1) is 0 Å². The Morgan fingerprint density at radius 1 is 1.14 bits per heavy atom. The first-order valence-electron chi connectivity index (χ1n) is 15.1. The molecule has 1 unspecified atom stereocenters. The van der Waals surface area contributed by atoms with Gasteiger partial charge in [0.1, 0.15) is 11.6 Å². The lowest BCUT2D eigenvalue weighted by atomic mass is 9.88. The number of rotatable bonds is 7. The second-order valence-corrected chi connectivity index (χ2v) is 12.4. The number of ether oxygens (including phenoxy) is 4. The fourth-order valence-corrected chi connectivity index (χ4v) is 6.89. The lowest BCUT2D eigenvalue weighted by Gasteiger charge is -2.37. The number of piperidine rings is 1. The Morgan fingerprint density at radius 3 is 2.64 bits per heavy atom. The number of hydrogen-bond donors (Lipinski definition) is 0. The Bertz CT molecular complexity index is 1730. The molecule has 0 radical (unpaired) electrons. The first kappa shape index (κ1) is 29.1. The quantitative estimate of drug-likeness (QED) is 0.206. The number of aromatic nitrogens is 2. The number of halogens is 2. The van der Waals surface area contributed by atoms with Gasteiger partial charge in [0.15, 0.2) is 11.5 Å². The highest BCUT2D eigenvalue weighted by molar-refractivity contribution is 6.30. The first-order valence-corrected chi connectivity index (χ1v) is 15.5. The molecule has 4 aromatic rings. The van der Waals surface area contributed by atoms with E-state index in [4.69, 9.17) is 35.5 Å². The summed E-state index contributed by atoms with van der Waals surface area (Å²) in [4.78, 5) is 19.8. The van der Waals surface area contributed by atoms with Crippen molar-refractivity contribution in [3.8, 4) is 11.5 Å². The summed E-state index contributed by atoms with van der Waals surface area (Å²) in [5.41, 5.74) is 3.66. The Hall–Kier alpha value is -3.66. The molecule has 3 aliphatic heterocycles. The van der Waals surface area contributed by atoms with Crippen molar-refractivity contribution >= 4 is 28.6 Å². The highest BCUT2D eigenvalue weighted by Gasteiger charge is 2.43. The van der Waals surface area contributed by atoms with Gasteiger partial charge in [0.05, 0.1) is 48.0 Å². The number of methoxy groups -OCH3 is 1. The molecule has 3 aromatic carbocycles. The van der Waals surface area contributed by atoms with E-state index in [0.717, 1.165) is 61.4 Å². The summed E-state index contributed by atoms with van der Waals surface area (Å²) < 4.78 is 40.4. The van der Waals surface area contributed by atoms with Crippen LogP contribution in [-0.4, -0.2) is 53.3 Å². The molecule has 230 valence electrons. The molecule has 3 aliphatic rings. The number of benzene rings is 3. The van der Waals surface area contributed by atoms with Gasteiger partial charge >= 0.3 is 5.97 Å². The number of imidazole rings is 1. The summed E-state index contributed by atoms with van der Waals surface area (Å²) in [6.45, 7) is 7.14. The zero-order chi connectivity index (χ0) is 30.6. The predicted molar refractivity (Wildman–Crippen MR) is 164 cm³/mol. The van der Waals surface area contributed by atoms with E-state index in [2.05, 4.69) is 22.5 Å². The van der Waals surface area contributed by atoms with Crippen LogP contribution in [0.4, 0.5) is 4.39 Å². The van der Waals surface area contributed by atoms with Gasteiger partial charge in [-0.1, -0.05) is 23.7 Å². The highest BCUT2D eigenvalue weighted by atomic mass is 35.5. The van der Waals surface area contributed by atoms with Gasteiger partial charge in [-0.3, -0.25) is 4.90 Å². The number of fused-ring (bicyclic) bond motifs is 2. The highest BCUT2D eigenvalue weighted by Crippen LogP contribution is 2.50. The number of carbonyl (C=O) groups is 1. The average molecular weight is 620 g/mol. The van der Waals surface area contributed by atoms with Crippen LogP contribution in [-0.2, 0) is 21.8 Å². The standard InChI is InChI=1S/C34H35ClFN3O5/c1-20(32-37-28-10-7-22(33(40)41-3)17-29(28)39(32)19-24-13-16-42-24)38-14-11-21(12-15-38)25-5-4-6-30-31(25)44-34(2,43-30)26-9-8-23(35)18-27(26)36/h4-10,17-18,20-21,24H,11-16,19H2,1-3H3/t20-,24-,34?/m0/s1. The van der Waals surface area contributed by atoms with E-state index >= 15 is 0 Å². The average Bonchev–Trinajstić information content (AvgIpc) is 3.55. The molecule has 0 bridgehead atoms. The van der Waals surface area contributed by atoms with E-state index < -0.39 is 11.6 Å². The Balaban J connectivity index is 1.10. The van der Waals surface area contributed by atoms with Crippen LogP contribution in [0.25, 0.3) is 11.0 Å². The summed E-state index contributed by atoms with van der Waals surface area (Å²) in [6, 6.07) is 16.1. The fraction of sp³-hybridized carbons (Fsp3) is 0.412. The second-order valence-electron chi connectivity index (χ2n) is 12.0. The maximum Gasteiger partial charge on any atom is 0.337 e. The van der Waals surface area contributed by atoms with Crippen LogP contribution in [0.1, 0.15) is 72.4 Å². The van der Waals surface area contributed by atoms with Gasteiger partial charge in [0, 0.05) is 24.1 Å². The summed E-state index contributed by atoms with van der Waals surface area (Å²) >= 11 is 5.99. The van der Waals surface area contributed by atoms with E-state index in [9.17, 15) is 9.18 Å². The van der Waals surface area contributed by atoms with Gasteiger partial charge in [-0.2, -0.15) is 0 Å². The summed E-state index contributed by atoms with van der Waals surface area (Å²) in [6.07, 6.45) is 3.00. The van der Waals surface area contributed by atoms with Crippen molar-refractivity contribution in [1.82, 2.24) is 14.5 Å². The van der Waals surface area contributed by atoms with Crippen LogP contribution in [0.5, 0.6) is 11.5 Å². The molecule has 4 heterocycles. The first-order chi connectivity index (χ1) is 21.2. The maximum absolute atomic E-state index is 14.9. The van der Waals surface area contributed by atoms with Crippen molar-refractivity contribution in [3.05, 3.63) is 88.0 Å². The minimum Gasteiger partial charge on any atom is -0.465 e. The minimum absolute atomic E-state index is 0.0576. The molecule has 0 aliphatic carbocycles. The molecule has 1 aromatic heterocycles. The third-order valence-corrected chi connectivity index (χ3v) is 9.54. The molecule has 7 rings (SSSR count). The zero-order valence-electron chi connectivity index (χ0n) is 25.0. The van der Waals surface area contributed by atoms with Gasteiger partial charge in [0.25, 0.3) is 5.79 Å². The molecule has 3 atom stereocenters. The molecular weight excluding hydrogens is 585 g/mol. The number of carbonyl (C=O) groups excluding carboxylic acids is 1. The van der Waals surface area contributed by atoms with Crippen LogP contribution in [0, 0.1) is 5.82 Å². The zero-order valence-corrected chi connectivity index (χ0v) is 25.8. The third kappa shape index (κ3) is 5.10. The predicted octanol–water partition coefficient (Wildman–Crippen LogP) is 6.99. The van der Waals surface area contributed by atoms with E-state index in [1.165, 1.54) is 13.2 Å². The molecule has 44 heavy (non-hydrogen) atoms. The molecule has 0 N–H and O–H groups in total. The van der Waals surface area contributed by atoms with Gasteiger partial charge in [0.2, 0.25) is 0 Å². The molecule has 0 saturated carbocycles. The normalized spacial score (nSPS) is 22.6. The summed E-state index contributed by atoms with van der Waals surface area (Å²) in [5.74, 6) is 0.421. The minimum atomic E-state index is -1.28. The molecule has 10 heteroatoms. The third-order valence-electron chi connectivity index (χ3n) is 9.30. The maximum atomic E-state index is 14.9. The summed E-state index contributed by atoms with van der Waals surface area (Å²) in [7, 11) is 1.39. The number of para-hydroxylation sites is 1. The number of nitrogens with zero attached hydrogens (tertiary/aromatic N) is 3. The van der Waals surface area contributed by atoms with Crippen molar-refractivity contribution in [3.63, 3.8) is 0 Å². The van der Waals surface area contributed by atoms with Gasteiger partial charge in [-0.25, -0.2) is 14.2 Å². The van der Waals surface area contributed by atoms with Crippen molar-refractivity contribution in [1.29, 1.82) is 0 Å². The van der Waals surface area contributed by atoms with E-state index in [1.807, 2.05) is 24.3 Å². The van der Waals surface area contributed by atoms with Crippen LogP contribution < -0.4 is 9.47 Å². The smallest absolute Gasteiger partial charge is 0.337 e. The van der Waals surface area contributed by atoms with Gasteiger partial charge < -0.3 is 23.5 Å². The summed E-state index contributed by atoms with van der Waals surface area (Å²) in [5, 5.41) is 0.324. The van der Waals surface area contributed by atoms with Crippen LogP contribution in [0.2, 0.25) is 5.02 Å². The molecule has 8 nitrogen and oxygen atoms in total. The van der Waals surface area contributed by atoms with E-state index in [1.54, 1.807) is 25.1 Å². The van der Waals surface area contributed by atoms with Crippen LogP contribution in [0.15, 0.2) is 54.6 Å². The largest absolute Gasteiger partial charge is 0.465 e. The van der Waals surface area contributed by atoms with Gasteiger partial charge in [-0.05, 0) is 87.7 Å². The molecule has 2 saturated heterocycles. The van der Waals surface area contributed by atoms with Crippen molar-refractivity contribution in [2.75, 3.05) is 26.8 Å².